The quantitative estimate of drug-likeness (QED) is 0.887. The van der Waals surface area contributed by atoms with Crippen LogP contribution < -0.4 is 10.1 Å². The summed E-state index contributed by atoms with van der Waals surface area (Å²) in [6, 6.07) is 7.94. The summed E-state index contributed by atoms with van der Waals surface area (Å²) in [7, 11) is 1.93. The monoisotopic (exact) mass is 304 g/mol. The highest BCUT2D eigenvalue weighted by atomic mass is 35.5. The molecule has 1 aromatic carbocycles. The molecule has 0 spiro atoms. The molecular weight excluding hydrogens is 284 g/mol. The number of ether oxygens (including phenoxy) is 1. The van der Waals surface area contributed by atoms with E-state index in [4.69, 9.17) is 16.3 Å². The highest BCUT2D eigenvalue weighted by Gasteiger charge is 2.07. The van der Waals surface area contributed by atoms with Gasteiger partial charge < -0.3 is 10.1 Å². The van der Waals surface area contributed by atoms with Crippen molar-refractivity contribution in [2.45, 2.75) is 33.7 Å². The topological polar surface area (TPSA) is 34.1 Å². The third kappa shape index (κ3) is 3.96. The molecule has 0 atom stereocenters. The highest BCUT2D eigenvalue weighted by molar-refractivity contribution is 6.32. The minimum Gasteiger partial charge on any atom is -0.439 e. The molecule has 0 radical (unpaired) electrons. The van der Waals surface area contributed by atoms with E-state index in [1.54, 1.807) is 0 Å². The van der Waals surface area contributed by atoms with Crippen molar-refractivity contribution in [3.63, 3.8) is 0 Å². The molecule has 0 amide bonds. The number of aromatic nitrogens is 1. The minimum atomic E-state index is 0.626. The van der Waals surface area contributed by atoms with Crippen LogP contribution in [0.15, 0.2) is 24.3 Å². The molecule has 0 aliphatic heterocycles. The lowest BCUT2D eigenvalue weighted by molar-refractivity contribution is 0.459. The number of nitrogens with zero attached hydrogens (tertiary/aromatic N) is 1. The lowest BCUT2D eigenvalue weighted by atomic mass is 10.1. The van der Waals surface area contributed by atoms with Crippen LogP contribution in [0.2, 0.25) is 5.02 Å². The van der Waals surface area contributed by atoms with Crippen molar-refractivity contribution in [3.8, 4) is 11.6 Å². The third-order valence-corrected chi connectivity index (χ3v) is 3.89. The Morgan fingerprint density at radius 1 is 1.14 bits per heavy atom. The van der Waals surface area contributed by atoms with Crippen molar-refractivity contribution >= 4 is 11.6 Å². The van der Waals surface area contributed by atoms with Crippen LogP contribution in [-0.4, -0.2) is 12.0 Å². The zero-order valence-corrected chi connectivity index (χ0v) is 13.7. The zero-order chi connectivity index (χ0) is 15.4. The summed E-state index contributed by atoms with van der Waals surface area (Å²) in [5, 5.41) is 3.94. The summed E-state index contributed by atoms with van der Waals surface area (Å²) >= 11 is 6.19. The number of pyridine rings is 1. The number of hydrogen-bond acceptors (Lipinski definition) is 3. The summed E-state index contributed by atoms with van der Waals surface area (Å²) in [5.74, 6) is 1.39. The molecular formula is C17H21ClN2O. The van der Waals surface area contributed by atoms with Crippen LogP contribution in [0.1, 0.15) is 29.3 Å². The molecule has 2 aromatic rings. The second kappa shape index (κ2) is 6.92. The van der Waals surface area contributed by atoms with Gasteiger partial charge in [0, 0.05) is 23.3 Å². The lowest BCUT2D eigenvalue weighted by Crippen LogP contribution is -2.06. The van der Waals surface area contributed by atoms with Crippen molar-refractivity contribution in [2.75, 3.05) is 7.05 Å². The molecule has 3 nitrogen and oxygen atoms in total. The Kier molecular flexibility index (Phi) is 5.21. The first-order valence-corrected chi connectivity index (χ1v) is 7.50. The van der Waals surface area contributed by atoms with Crippen molar-refractivity contribution in [1.82, 2.24) is 10.3 Å². The van der Waals surface area contributed by atoms with Gasteiger partial charge in [0.1, 0.15) is 5.75 Å². The minimum absolute atomic E-state index is 0.626. The van der Waals surface area contributed by atoms with Gasteiger partial charge in [0.15, 0.2) is 0 Å². The van der Waals surface area contributed by atoms with Gasteiger partial charge in [-0.3, -0.25) is 0 Å². The molecule has 0 aliphatic rings. The number of rotatable bonds is 5. The van der Waals surface area contributed by atoms with Gasteiger partial charge in [0.2, 0.25) is 5.88 Å². The number of benzene rings is 1. The van der Waals surface area contributed by atoms with Gasteiger partial charge in [-0.1, -0.05) is 18.5 Å². The Hall–Kier alpha value is -1.58. The average Bonchev–Trinajstić information content (AvgIpc) is 2.44. The van der Waals surface area contributed by atoms with Crippen molar-refractivity contribution in [3.05, 3.63) is 51.7 Å². The zero-order valence-electron chi connectivity index (χ0n) is 13.0. The Bertz CT molecular complexity index is 618. The fourth-order valence-corrected chi connectivity index (χ4v) is 2.35. The first-order valence-electron chi connectivity index (χ1n) is 7.12. The molecule has 4 heteroatoms. The van der Waals surface area contributed by atoms with Gasteiger partial charge >= 0.3 is 0 Å². The van der Waals surface area contributed by atoms with Crippen LogP contribution in [0.4, 0.5) is 0 Å². The Morgan fingerprint density at radius 2 is 1.81 bits per heavy atom. The smallest absolute Gasteiger partial charge is 0.219 e. The van der Waals surface area contributed by atoms with E-state index in [1.807, 2.05) is 39.1 Å². The first kappa shape index (κ1) is 15.8. The van der Waals surface area contributed by atoms with Gasteiger partial charge in [-0.25, -0.2) is 4.98 Å². The Morgan fingerprint density at radius 3 is 2.38 bits per heavy atom. The normalized spacial score (nSPS) is 10.7. The summed E-state index contributed by atoms with van der Waals surface area (Å²) in [5.41, 5.74) is 4.21. The molecule has 0 aliphatic carbocycles. The van der Waals surface area contributed by atoms with Crippen LogP contribution in [0.5, 0.6) is 11.6 Å². The fourth-order valence-electron chi connectivity index (χ4n) is 2.25. The van der Waals surface area contributed by atoms with E-state index in [9.17, 15) is 0 Å². The summed E-state index contributed by atoms with van der Waals surface area (Å²) in [4.78, 5) is 4.53. The van der Waals surface area contributed by atoms with Crippen LogP contribution in [0.3, 0.4) is 0 Å². The van der Waals surface area contributed by atoms with E-state index in [0.717, 1.165) is 40.6 Å². The van der Waals surface area contributed by atoms with E-state index >= 15 is 0 Å². The Labute approximate surface area is 131 Å². The van der Waals surface area contributed by atoms with Crippen LogP contribution in [-0.2, 0) is 13.0 Å². The fraction of sp³-hybridized carbons (Fsp3) is 0.353. The van der Waals surface area contributed by atoms with Crippen molar-refractivity contribution in [2.24, 2.45) is 0 Å². The molecule has 112 valence electrons. The molecule has 0 bridgehead atoms. The standard InChI is InChI=1S/C17H21ClN2O/c1-5-14-8-13(10-19-4)9-16(20-14)21-15-6-11(2)17(18)12(3)7-15/h6-9,19H,5,10H2,1-4H3. The summed E-state index contributed by atoms with van der Waals surface area (Å²) in [6.07, 6.45) is 0.882. The molecule has 0 unspecified atom stereocenters. The van der Waals surface area contributed by atoms with E-state index in [1.165, 1.54) is 5.56 Å². The molecule has 1 N–H and O–H groups in total. The molecule has 2 rings (SSSR count). The highest BCUT2D eigenvalue weighted by Crippen LogP contribution is 2.29. The van der Waals surface area contributed by atoms with Crippen LogP contribution in [0.25, 0.3) is 0 Å². The van der Waals surface area contributed by atoms with E-state index in [0.29, 0.717) is 5.88 Å². The van der Waals surface area contributed by atoms with Gasteiger partial charge in [-0.05, 0) is 62.2 Å². The predicted octanol–water partition coefficient (Wildman–Crippen LogP) is 4.43. The third-order valence-electron chi connectivity index (χ3n) is 3.29. The Balaban J connectivity index is 2.32. The van der Waals surface area contributed by atoms with Gasteiger partial charge in [-0.15, -0.1) is 0 Å². The molecule has 1 heterocycles. The largest absolute Gasteiger partial charge is 0.439 e. The van der Waals surface area contributed by atoms with Crippen LogP contribution >= 0.6 is 11.6 Å². The lowest BCUT2D eigenvalue weighted by Gasteiger charge is -2.11. The molecule has 0 fully saturated rings. The number of nitrogens with one attached hydrogen (secondary N) is 1. The average molecular weight is 305 g/mol. The van der Waals surface area contributed by atoms with Gasteiger partial charge in [0.05, 0.1) is 0 Å². The summed E-state index contributed by atoms with van der Waals surface area (Å²) in [6.45, 7) is 6.84. The van der Waals surface area contributed by atoms with E-state index < -0.39 is 0 Å². The second-order valence-electron chi connectivity index (χ2n) is 5.16. The maximum Gasteiger partial charge on any atom is 0.219 e. The molecule has 21 heavy (non-hydrogen) atoms. The van der Waals surface area contributed by atoms with Crippen molar-refractivity contribution in [1.29, 1.82) is 0 Å². The summed E-state index contributed by atoms with van der Waals surface area (Å²) < 4.78 is 5.93. The first-order chi connectivity index (χ1) is 10.0. The molecule has 0 saturated carbocycles. The molecule has 0 saturated heterocycles. The van der Waals surface area contributed by atoms with Crippen LogP contribution in [0, 0.1) is 13.8 Å². The SMILES string of the molecule is CCc1cc(CNC)cc(Oc2cc(C)c(Cl)c(C)c2)n1. The van der Waals surface area contributed by atoms with E-state index in [-0.39, 0.29) is 0 Å². The second-order valence-corrected chi connectivity index (χ2v) is 5.54. The number of hydrogen-bond donors (Lipinski definition) is 1. The predicted molar refractivity (Wildman–Crippen MR) is 87.4 cm³/mol. The number of aryl methyl sites for hydroxylation is 3. The van der Waals surface area contributed by atoms with Gasteiger partial charge in [-0.2, -0.15) is 0 Å². The maximum atomic E-state index is 6.19. The molecule has 1 aromatic heterocycles. The van der Waals surface area contributed by atoms with Crippen molar-refractivity contribution < 1.29 is 4.74 Å². The number of halogens is 1. The maximum absolute atomic E-state index is 6.19. The van der Waals surface area contributed by atoms with Gasteiger partial charge in [0.25, 0.3) is 0 Å². The van der Waals surface area contributed by atoms with E-state index in [2.05, 4.69) is 23.3 Å².